The molecule has 0 unspecified atom stereocenters. The van der Waals surface area contributed by atoms with E-state index >= 15 is 0 Å². The molecule has 1 aromatic heterocycles. The monoisotopic (exact) mass is 286 g/mol. The summed E-state index contributed by atoms with van der Waals surface area (Å²) in [6, 6.07) is 8.28. The highest BCUT2D eigenvalue weighted by atomic mass is 35.5. The van der Waals surface area contributed by atoms with Crippen LogP contribution < -0.4 is 5.32 Å². The molecule has 0 bridgehead atoms. The van der Waals surface area contributed by atoms with Gasteiger partial charge in [-0.25, -0.2) is 9.67 Å². The summed E-state index contributed by atoms with van der Waals surface area (Å²) < 4.78 is 1.23. The number of anilines is 1. The number of hydrogen-bond donors (Lipinski definition) is 1. The summed E-state index contributed by atoms with van der Waals surface area (Å²) in [4.78, 5) is 15.5. The molecule has 2 aromatic rings. The molecule has 0 saturated heterocycles. The topological polar surface area (TPSA) is 107 Å². The minimum Gasteiger partial charge on any atom is -0.323 e. The van der Waals surface area contributed by atoms with Gasteiger partial charge in [0.05, 0.1) is 11.3 Å². The third-order valence-corrected chi connectivity index (χ3v) is 2.55. The van der Waals surface area contributed by atoms with Gasteiger partial charge in [0.15, 0.2) is 0 Å². The van der Waals surface area contributed by atoms with Gasteiger partial charge in [0, 0.05) is 5.02 Å². The fourth-order valence-electron chi connectivity index (χ4n) is 1.48. The average molecular weight is 287 g/mol. The van der Waals surface area contributed by atoms with Crippen molar-refractivity contribution in [3.05, 3.63) is 40.9 Å². The number of carbonyl (C=O) groups is 1. The lowest BCUT2D eigenvalue weighted by Crippen LogP contribution is -2.19. The van der Waals surface area contributed by atoms with Gasteiger partial charge in [-0.05, 0) is 18.2 Å². The Morgan fingerprint density at radius 2 is 2.20 bits per heavy atom. The van der Waals surface area contributed by atoms with Gasteiger partial charge in [-0.3, -0.25) is 4.79 Å². The number of hydrogen-bond acceptors (Lipinski definition) is 5. The fraction of sp³-hybridized carbons (Fsp3) is 0.0833. The van der Waals surface area contributed by atoms with Gasteiger partial charge in [0.2, 0.25) is 5.91 Å². The fourth-order valence-corrected chi connectivity index (χ4v) is 1.65. The minimum absolute atomic E-state index is 0.0155. The van der Waals surface area contributed by atoms with E-state index in [-0.39, 0.29) is 12.4 Å². The van der Waals surface area contributed by atoms with Gasteiger partial charge >= 0.3 is 0 Å². The van der Waals surface area contributed by atoms with Crippen LogP contribution in [0.1, 0.15) is 11.4 Å². The highest BCUT2D eigenvalue weighted by Crippen LogP contribution is 2.20. The van der Waals surface area contributed by atoms with Gasteiger partial charge < -0.3 is 5.32 Å². The Morgan fingerprint density at radius 1 is 1.40 bits per heavy atom. The standard InChI is InChI=1S/C12H7ClN6O/c13-9-2-1-8(4-14)10(3-9)17-12(20)6-19-7-16-11(5-15)18-19/h1-3,7H,6H2,(H,17,20). The maximum Gasteiger partial charge on any atom is 0.252 e. The summed E-state index contributed by atoms with van der Waals surface area (Å²) in [6.45, 7) is -0.119. The Morgan fingerprint density at radius 3 is 2.85 bits per heavy atom. The summed E-state index contributed by atoms with van der Waals surface area (Å²) in [7, 11) is 0. The smallest absolute Gasteiger partial charge is 0.252 e. The lowest BCUT2D eigenvalue weighted by atomic mass is 10.2. The van der Waals surface area contributed by atoms with Crippen molar-refractivity contribution >= 4 is 23.2 Å². The number of rotatable bonds is 3. The van der Waals surface area contributed by atoms with Crippen molar-refractivity contribution in [2.24, 2.45) is 0 Å². The largest absolute Gasteiger partial charge is 0.323 e. The van der Waals surface area contributed by atoms with E-state index in [0.717, 1.165) is 0 Å². The molecule has 7 nitrogen and oxygen atoms in total. The van der Waals surface area contributed by atoms with Crippen LogP contribution in [0.15, 0.2) is 24.5 Å². The Balaban J connectivity index is 2.10. The lowest BCUT2D eigenvalue weighted by Gasteiger charge is -2.07. The highest BCUT2D eigenvalue weighted by molar-refractivity contribution is 6.31. The zero-order chi connectivity index (χ0) is 14.5. The first-order chi connectivity index (χ1) is 9.62. The minimum atomic E-state index is -0.404. The first-order valence-electron chi connectivity index (χ1n) is 5.41. The van der Waals surface area contributed by atoms with Gasteiger partial charge in [-0.1, -0.05) is 11.6 Å². The third kappa shape index (κ3) is 3.10. The molecule has 0 spiro atoms. The van der Waals surface area contributed by atoms with Crippen molar-refractivity contribution in [2.75, 3.05) is 5.32 Å². The predicted molar refractivity (Wildman–Crippen MR) is 69.5 cm³/mol. The van der Waals surface area contributed by atoms with Gasteiger partial charge in [0.25, 0.3) is 5.82 Å². The average Bonchev–Trinajstić information content (AvgIpc) is 2.86. The zero-order valence-corrected chi connectivity index (χ0v) is 10.8. The SMILES string of the molecule is N#Cc1ncn(CC(=O)Nc2cc(Cl)ccc2C#N)n1. The molecular formula is C12H7ClN6O. The predicted octanol–water partition coefficient (Wildman–Crippen LogP) is 1.31. The summed E-state index contributed by atoms with van der Waals surface area (Å²) >= 11 is 5.82. The normalized spacial score (nSPS) is 9.55. The summed E-state index contributed by atoms with van der Waals surface area (Å²) in [5, 5.41) is 24.3. The van der Waals surface area contributed by atoms with E-state index in [1.165, 1.54) is 23.1 Å². The molecule has 0 fully saturated rings. The third-order valence-electron chi connectivity index (χ3n) is 2.32. The second kappa shape index (κ2) is 5.83. The molecule has 0 saturated carbocycles. The molecule has 20 heavy (non-hydrogen) atoms. The van der Waals surface area contributed by atoms with E-state index in [9.17, 15) is 4.79 Å². The van der Waals surface area contributed by atoms with Crippen molar-refractivity contribution in [3.8, 4) is 12.1 Å². The molecule has 1 amide bonds. The van der Waals surface area contributed by atoms with E-state index < -0.39 is 5.91 Å². The van der Waals surface area contributed by atoms with Crippen LogP contribution in [0.2, 0.25) is 5.02 Å². The second-order valence-corrected chi connectivity index (χ2v) is 4.16. The van der Waals surface area contributed by atoms with E-state index in [2.05, 4.69) is 15.4 Å². The van der Waals surface area contributed by atoms with Crippen molar-refractivity contribution in [3.63, 3.8) is 0 Å². The zero-order valence-electron chi connectivity index (χ0n) is 10.0. The summed E-state index contributed by atoms with van der Waals surface area (Å²) in [5.41, 5.74) is 0.629. The van der Waals surface area contributed by atoms with Crippen LogP contribution in [0, 0.1) is 22.7 Å². The van der Waals surface area contributed by atoms with Crippen LogP contribution in [0.3, 0.4) is 0 Å². The quantitative estimate of drug-likeness (QED) is 0.915. The number of nitriles is 2. The van der Waals surface area contributed by atoms with E-state index in [1.54, 1.807) is 12.1 Å². The first-order valence-corrected chi connectivity index (χ1v) is 5.79. The molecule has 1 heterocycles. The van der Waals surface area contributed by atoms with Gasteiger partial charge in [-0.15, -0.1) is 5.10 Å². The highest BCUT2D eigenvalue weighted by Gasteiger charge is 2.09. The number of carbonyl (C=O) groups excluding carboxylic acids is 1. The molecule has 0 aliphatic rings. The van der Waals surface area contributed by atoms with Crippen molar-refractivity contribution in [1.82, 2.24) is 14.8 Å². The maximum atomic E-state index is 11.8. The first kappa shape index (κ1) is 13.5. The number of halogens is 1. The molecule has 1 aromatic carbocycles. The molecule has 0 radical (unpaired) electrons. The molecule has 0 aliphatic carbocycles. The number of nitrogens with zero attached hydrogens (tertiary/aromatic N) is 5. The van der Waals surface area contributed by atoms with Crippen molar-refractivity contribution < 1.29 is 4.79 Å². The van der Waals surface area contributed by atoms with Gasteiger partial charge in [-0.2, -0.15) is 10.5 Å². The summed E-state index contributed by atoms with van der Waals surface area (Å²) in [6.07, 6.45) is 1.28. The van der Waals surface area contributed by atoms with Crippen LogP contribution in [-0.2, 0) is 11.3 Å². The van der Waals surface area contributed by atoms with Gasteiger partial charge in [0.1, 0.15) is 25.0 Å². The molecule has 0 atom stereocenters. The molecular weight excluding hydrogens is 280 g/mol. The van der Waals surface area contributed by atoms with Crippen molar-refractivity contribution in [2.45, 2.75) is 6.54 Å². The van der Waals surface area contributed by atoms with Crippen LogP contribution >= 0.6 is 11.6 Å². The van der Waals surface area contributed by atoms with Crippen molar-refractivity contribution in [1.29, 1.82) is 10.5 Å². The van der Waals surface area contributed by atoms with Crippen LogP contribution in [0.25, 0.3) is 0 Å². The summed E-state index contributed by atoms with van der Waals surface area (Å²) in [5.74, 6) is -0.420. The van der Waals surface area contributed by atoms with E-state index in [4.69, 9.17) is 22.1 Å². The van der Waals surface area contributed by atoms with Crippen LogP contribution in [0.5, 0.6) is 0 Å². The Labute approximate surface area is 119 Å². The number of amides is 1. The van der Waals surface area contributed by atoms with Crippen LogP contribution in [-0.4, -0.2) is 20.7 Å². The number of aromatic nitrogens is 3. The molecule has 1 N–H and O–H groups in total. The number of nitrogens with one attached hydrogen (secondary N) is 1. The molecule has 2 rings (SSSR count). The molecule has 8 heteroatoms. The Kier molecular flexibility index (Phi) is 3.94. The molecule has 0 aliphatic heterocycles. The van der Waals surface area contributed by atoms with E-state index in [1.807, 2.05) is 6.07 Å². The maximum absolute atomic E-state index is 11.8. The number of benzene rings is 1. The Bertz CT molecular complexity index is 739. The van der Waals surface area contributed by atoms with E-state index in [0.29, 0.717) is 16.3 Å². The second-order valence-electron chi connectivity index (χ2n) is 3.73. The lowest BCUT2D eigenvalue weighted by molar-refractivity contribution is -0.116. The van der Waals surface area contributed by atoms with Crippen LogP contribution in [0.4, 0.5) is 5.69 Å². The Hall–Kier alpha value is -2.90. The molecule has 98 valence electrons.